The van der Waals surface area contributed by atoms with Gasteiger partial charge < -0.3 is 19.4 Å². The van der Waals surface area contributed by atoms with Crippen molar-refractivity contribution in [2.75, 3.05) is 0 Å². The summed E-state index contributed by atoms with van der Waals surface area (Å²) in [6.45, 7) is 1.41. The predicted octanol–water partition coefficient (Wildman–Crippen LogP) is 2.00. The first-order valence-electron chi connectivity index (χ1n) is 5.86. The molecule has 2 aromatic carbocycles. The molecule has 0 aliphatic carbocycles. The van der Waals surface area contributed by atoms with Gasteiger partial charge in [0.2, 0.25) is 0 Å². The normalized spacial score (nSPS) is 11.6. The van der Waals surface area contributed by atoms with Crippen molar-refractivity contribution in [2.45, 2.75) is 13.0 Å². The molecule has 1 unspecified atom stereocenters. The number of ether oxygens (including phenoxy) is 2. The summed E-state index contributed by atoms with van der Waals surface area (Å²) in [4.78, 5) is 10.7. The quantitative estimate of drug-likeness (QED) is 0.822. The van der Waals surface area contributed by atoms with Crippen molar-refractivity contribution in [1.29, 1.82) is 0 Å². The zero-order valence-electron chi connectivity index (χ0n) is 10.4. The van der Waals surface area contributed by atoms with Crippen LogP contribution in [0.5, 0.6) is 17.2 Å². The molecule has 4 heteroatoms. The molecule has 0 aromatic heterocycles. The van der Waals surface area contributed by atoms with Crippen molar-refractivity contribution < 1.29 is 19.4 Å². The zero-order chi connectivity index (χ0) is 13.7. The molecule has 0 N–H and O–H groups in total. The van der Waals surface area contributed by atoms with E-state index < -0.39 is 12.1 Å². The van der Waals surface area contributed by atoms with Gasteiger partial charge in [0.05, 0.1) is 5.97 Å². The molecular formula is C15H13O4-. The van der Waals surface area contributed by atoms with Gasteiger partial charge in [-0.15, -0.1) is 0 Å². The van der Waals surface area contributed by atoms with E-state index in [1.807, 2.05) is 18.2 Å². The molecule has 0 aliphatic rings. The second kappa shape index (κ2) is 5.91. The van der Waals surface area contributed by atoms with E-state index in [9.17, 15) is 9.90 Å². The molecule has 19 heavy (non-hydrogen) atoms. The van der Waals surface area contributed by atoms with Gasteiger partial charge in [-0.3, -0.25) is 0 Å². The number of hydrogen-bond donors (Lipinski definition) is 0. The molecule has 2 aromatic rings. The number of carboxylic acid groups (broad SMARTS) is 1. The van der Waals surface area contributed by atoms with Crippen LogP contribution in [0.15, 0.2) is 54.6 Å². The highest BCUT2D eigenvalue weighted by Crippen LogP contribution is 2.31. The molecule has 0 fully saturated rings. The maximum atomic E-state index is 10.7. The highest BCUT2D eigenvalue weighted by Gasteiger charge is 2.10. The van der Waals surface area contributed by atoms with Crippen LogP contribution in [0.1, 0.15) is 6.92 Å². The molecule has 0 aliphatic heterocycles. The van der Waals surface area contributed by atoms with Crippen LogP contribution >= 0.6 is 0 Å². The second-order valence-electron chi connectivity index (χ2n) is 3.94. The molecule has 4 nitrogen and oxygen atoms in total. The fraction of sp³-hybridized carbons (Fsp3) is 0.133. The van der Waals surface area contributed by atoms with Crippen molar-refractivity contribution in [1.82, 2.24) is 0 Å². The molecule has 0 bridgehead atoms. The Kier molecular flexibility index (Phi) is 4.03. The van der Waals surface area contributed by atoms with E-state index in [-0.39, 0.29) is 0 Å². The van der Waals surface area contributed by atoms with Gasteiger partial charge in [0.25, 0.3) is 0 Å². The lowest BCUT2D eigenvalue weighted by molar-refractivity contribution is -0.312. The van der Waals surface area contributed by atoms with Crippen LogP contribution in [0.3, 0.4) is 0 Å². The molecule has 0 heterocycles. The van der Waals surface area contributed by atoms with Crippen molar-refractivity contribution >= 4 is 5.97 Å². The summed E-state index contributed by atoms with van der Waals surface area (Å²) in [6, 6.07) is 16.1. The average molecular weight is 257 g/mol. The first-order chi connectivity index (χ1) is 9.16. The van der Waals surface area contributed by atoms with E-state index in [1.165, 1.54) is 6.92 Å². The highest BCUT2D eigenvalue weighted by atomic mass is 16.5. The topological polar surface area (TPSA) is 58.6 Å². The summed E-state index contributed by atoms with van der Waals surface area (Å²) in [5, 5.41) is 10.7. The third-order valence-electron chi connectivity index (χ3n) is 2.46. The maximum absolute atomic E-state index is 10.7. The number of benzene rings is 2. The largest absolute Gasteiger partial charge is 0.546 e. The minimum Gasteiger partial charge on any atom is -0.546 e. The van der Waals surface area contributed by atoms with Crippen LogP contribution in [0.25, 0.3) is 0 Å². The number of para-hydroxylation sites is 3. The van der Waals surface area contributed by atoms with Gasteiger partial charge in [-0.2, -0.15) is 0 Å². The third-order valence-corrected chi connectivity index (χ3v) is 2.46. The van der Waals surface area contributed by atoms with Crippen molar-refractivity contribution in [2.24, 2.45) is 0 Å². The van der Waals surface area contributed by atoms with Crippen molar-refractivity contribution in [3.8, 4) is 17.2 Å². The van der Waals surface area contributed by atoms with E-state index >= 15 is 0 Å². The number of carbonyl (C=O) groups excluding carboxylic acids is 1. The van der Waals surface area contributed by atoms with Crippen LogP contribution in [0.2, 0.25) is 0 Å². The van der Waals surface area contributed by atoms with Crippen LogP contribution < -0.4 is 14.6 Å². The Labute approximate surface area is 111 Å². The number of rotatable bonds is 5. The lowest BCUT2D eigenvalue weighted by Gasteiger charge is -2.18. The average Bonchev–Trinajstić information content (AvgIpc) is 2.42. The van der Waals surface area contributed by atoms with E-state index in [2.05, 4.69) is 0 Å². The minimum absolute atomic E-state index is 0.364. The summed E-state index contributed by atoms with van der Waals surface area (Å²) < 4.78 is 10.9. The van der Waals surface area contributed by atoms with Crippen molar-refractivity contribution in [3.05, 3.63) is 54.6 Å². The number of hydrogen-bond acceptors (Lipinski definition) is 4. The Morgan fingerprint density at radius 1 is 1.00 bits per heavy atom. The molecule has 2 rings (SSSR count). The van der Waals surface area contributed by atoms with Crippen LogP contribution in [-0.2, 0) is 4.79 Å². The summed E-state index contributed by atoms with van der Waals surface area (Å²) in [5.74, 6) is 0.207. The number of carboxylic acids is 1. The van der Waals surface area contributed by atoms with E-state index in [1.54, 1.807) is 36.4 Å². The van der Waals surface area contributed by atoms with Gasteiger partial charge in [-0.25, -0.2) is 0 Å². The van der Waals surface area contributed by atoms with Crippen LogP contribution in [0.4, 0.5) is 0 Å². The zero-order valence-corrected chi connectivity index (χ0v) is 10.4. The highest BCUT2D eigenvalue weighted by molar-refractivity contribution is 5.70. The smallest absolute Gasteiger partial charge is 0.169 e. The van der Waals surface area contributed by atoms with E-state index in [4.69, 9.17) is 9.47 Å². The summed E-state index contributed by atoms with van der Waals surface area (Å²) >= 11 is 0. The summed E-state index contributed by atoms with van der Waals surface area (Å²) in [5.41, 5.74) is 0. The third kappa shape index (κ3) is 3.48. The summed E-state index contributed by atoms with van der Waals surface area (Å²) in [6.07, 6.45) is -1.04. The SMILES string of the molecule is CC(Oc1ccccc1Oc1ccccc1)C(=O)[O-]. The number of aliphatic carboxylic acids is 1. The van der Waals surface area contributed by atoms with E-state index in [0.717, 1.165) is 0 Å². The Bertz CT molecular complexity index is 551. The molecular weight excluding hydrogens is 244 g/mol. The Hall–Kier alpha value is -2.49. The number of carbonyl (C=O) groups is 1. The lowest BCUT2D eigenvalue weighted by atomic mass is 10.3. The Morgan fingerprint density at radius 2 is 1.58 bits per heavy atom. The standard InChI is InChI=1S/C15H14O4/c1-11(15(16)17)18-13-9-5-6-10-14(13)19-12-7-3-2-4-8-12/h2-11H,1H3,(H,16,17)/p-1. The minimum atomic E-state index is -1.27. The molecule has 1 atom stereocenters. The van der Waals surface area contributed by atoms with Gasteiger partial charge in [-0.1, -0.05) is 30.3 Å². The maximum Gasteiger partial charge on any atom is 0.169 e. The Balaban J connectivity index is 2.19. The van der Waals surface area contributed by atoms with Gasteiger partial charge in [-0.05, 0) is 31.2 Å². The molecule has 0 radical (unpaired) electrons. The fourth-order valence-electron chi connectivity index (χ4n) is 1.49. The van der Waals surface area contributed by atoms with Gasteiger partial charge in [0.15, 0.2) is 11.5 Å². The lowest BCUT2D eigenvalue weighted by Crippen LogP contribution is -2.37. The van der Waals surface area contributed by atoms with Gasteiger partial charge >= 0.3 is 0 Å². The predicted molar refractivity (Wildman–Crippen MR) is 68.1 cm³/mol. The molecule has 0 amide bonds. The van der Waals surface area contributed by atoms with Gasteiger partial charge in [0.1, 0.15) is 11.9 Å². The van der Waals surface area contributed by atoms with Crippen LogP contribution in [-0.4, -0.2) is 12.1 Å². The molecule has 0 saturated carbocycles. The first kappa shape index (κ1) is 13.0. The van der Waals surface area contributed by atoms with Crippen molar-refractivity contribution in [3.63, 3.8) is 0 Å². The first-order valence-corrected chi connectivity index (χ1v) is 5.86. The fourth-order valence-corrected chi connectivity index (χ4v) is 1.49. The van der Waals surface area contributed by atoms with Gasteiger partial charge in [0, 0.05) is 0 Å². The summed E-state index contributed by atoms with van der Waals surface area (Å²) in [7, 11) is 0. The monoisotopic (exact) mass is 257 g/mol. The van der Waals surface area contributed by atoms with E-state index in [0.29, 0.717) is 17.2 Å². The van der Waals surface area contributed by atoms with Crippen LogP contribution in [0, 0.1) is 0 Å². The molecule has 0 saturated heterocycles. The molecule has 0 spiro atoms. The molecule has 98 valence electrons. The second-order valence-corrected chi connectivity index (χ2v) is 3.94. The Morgan fingerprint density at radius 3 is 2.21 bits per heavy atom.